The van der Waals surface area contributed by atoms with Crippen LogP contribution in [0.1, 0.15) is 18.9 Å². The van der Waals surface area contributed by atoms with Crippen molar-refractivity contribution in [3.05, 3.63) is 66.5 Å². The Balaban J connectivity index is 2.09. The fourth-order valence-electron chi connectivity index (χ4n) is 2.41. The molecule has 1 aromatic rings. The first-order valence-corrected chi connectivity index (χ1v) is 8.46. The maximum Gasteiger partial charge on any atom is 0.122 e. The van der Waals surface area contributed by atoms with Crippen molar-refractivity contribution in [2.45, 2.75) is 23.6 Å². The summed E-state index contributed by atoms with van der Waals surface area (Å²) in [5.74, 6) is -0.820. The maximum absolute atomic E-state index is 12.9. The minimum absolute atomic E-state index is 0.193. The van der Waals surface area contributed by atoms with Gasteiger partial charge in [-0.25, -0.2) is 4.39 Å². The van der Waals surface area contributed by atoms with Crippen molar-refractivity contribution in [3.63, 3.8) is 0 Å². The number of hydrogen-bond acceptors (Lipinski definition) is 3. The first-order chi connectivity index (χ1) is 11.3. The maximum atomic E-state index is 12.9. The van der Waals surface area contributed by atoms with Crippen molar-refractivity contribution < 1.29 is 4.39 Å². The second-order valence-electron chi connectivity index (χ2n) is 5.68. The van der Waals surface area contributed by atoms with E-state index < -0.39 is 5.83 Å². The summed E-state index contributed by atoms with van der Waals surface area (Å²) in [6.07, 6.45) is 5.19. The predicted octanol–water partition coefficient (Wildman–Crippen LogP) is 4.88. The van der Waals surface area contributed by atoms with Crippen LogP contribution in [0.3, 0.4) is 0 Å². The Morgan fingerprint density at radius 3 is 2.79 bits per heavy atom. The topological polar surface area (TPSA) is 53.1 Å². The number of anilines is 1. The molecule has 0 spiro atoms. The number of hydrogen-bond donors (Lipinski definition) is 2. The molecule has 1 atom stereocenters. The third kappa shape index (κ3) is 4.17. The van der Waals surface area contributed by atoms with Gasteiger partial charge in [0.05, 0.1) is 11.1 Å². The van der Waals surface area contributed by atoms with Crippen LogP contribution in [0.5, 0.6) is 0 Å². The standard InChI is InChI=1S/C19H22FN3S/c1-12(6-5-7-16(19(21)22)10-13(2)20)15-8-9-17-18(11-15)24-14(3)23(17)4/h5,7-11,14H,1-2,6H2,3-4H3,(H3,21,22)/b7-5+,16-10+. The number of nitrogens with two attached hydrogens (primary N) is 1. The molecular weight excluding hydrogens is 321 g/mol. The number of halogens is 1. The van der Waals surface area contributed by atoms with Gasteiger partial charge in [0.25, 0.3) is 0 Å². The summed E-state index contributed by atoms with van der Waals surface area (Å²) in [5.41, 5.74) is 9.00. The zero-order valence-corrected chi connectivity index (χ0v) is 14.8. The highest BCUT2D eigenvalue weighted by Gasteiger charge is 2.23. The van der Waals surface area contributed by atoms with Crippen LogP contribution >= 0.6 is 11.8 Å². The first-order valence-electron chi connectivity index (χ1n) is 7.58. The Morgan fingerprint density at radius 2 is 2.17 bits per heavy atom. The molecule has 0 bridgehead atoms. The highest BCUT2D eigenvalue weighted by molar-refractivity contribution is 8.00. The molecule has 0 aliphatic carbocycles. The zero-order chi connectivity index (χ0) is 17.9. The number of amidine groups is 1. The molecule has 3 nitrogen and oxygen atoms in total. The van der Waals surface area contributed by atoms with E-state index in [0.717, 1.165) is 17.2 Å². The van der Waals surface area contributed by atoms with Crippen LogP contribution in [-0.4, -0.2) is 18.3 Å². The van der Waals surface area contributed by atoms with Crippen molar-refractivity contribution in [3.8, 4) is 0 Å². The van der Waals surface area contributed by atoms with Crippen LogP contribution in [0.15, 0.2) is 65.9 Å². The third-order valence-electron chi connectivity index (χ3n) is 3.88. The SMILES string of the molecule is C=C(F)/C=C(\C=C\CC(=C)c1ccc2c(c1)SC(C)N2C)C(=N)N. The number of nitrogens with one attached hydrogen (secondary N) is 1. The molecule has 1 aliphatic rings. The quantitative estimate of drug-likeness (QED) is 0.440. The van der Waals surface area contributed by atoms with Crippen molar-refractivity contribution in [2.24, 2.45) is 5.73 Å². The smallest absolute Gasteiger partial charge is 0.122 e. The minimum atomic E-state index is -0.627. The van der Waals surface area contributed by atoms with Gasteiger partial charge in [0.2, 0.25) is 0 Å². The summed E-state index contributed by atoms with van der Waals surface area (Å²) < 4.78 is 12.9. The molecule has 0 saturated heterocycles. The van der Waals surface area contributed by atoms with Crippen molar-refractivity contribution in [1.29, 1.82) is 5.41 Å². The highest BCUT2D eigenvalue weighted by Crippen LogP contribution is 2.43. The lowest BCUT2D eigenvalue weighted by Crippen LogP contribution is -2.20. The lowest BCUT2D eigenvalue weighted by atomic mass is 10.0. The Hall–Kier alpha value is -2.27. The minimum Gasteiger partial charge on any atom is -0.384 e. The first kappa shape index (κ1) is 18.1. The molecule has 1 heterocycles. The predicted molar refractivity (Wildman–Crippen MR) is 103 cm³/mol. The molecule has 0 amide bonds. The van der Waals surface area contributed by atoms with Gasteiger partial charge < -0.3 is 10.6 Å². The van der Waals surface area contributed by atoms with E-state index in [-0.39, 0.29) is 5.84 Å². The van der Waals surface area contributed by atoms with Gasteiger partial charge in [-0.1, -0.05) is 43.1 Å². The summed E-state index contributed by atoms with van der Waals surface area (Å²) in [6, 6.07) is 6.33. The van der Waals surface area contributed by atoms with E-state index in [2.05, 4.69) is 50.2 Å². The van der Waals surface area contributed by atoms with E-state index in [1.807, 2.05) is 17.8 Å². The second kappa shape index (κ2) is 7.53. The number of rotatable bonds is 6. The molecule has 1 unspecified atom stereocenters. The molecule has 2 rings (SSSR count). The molecule has 3 N–H and O–H groups in total. The molecule has 0 saturated carbocycles. The van der Waals surface area contributed by atoms with Gasteiger partial charge in [0.15, 0.2) is 0 Å². The molecule has 24 heavy (non-hydrogen) atoms. The lowest BCUT2D eigenvalue weighted by molar-refractivity contribution is 0.671. The average Bonchev–Trinajstić information content (AvgIpc) is 2.79. The Bertz CT molecular complexity index is 749. The third-order valence-corrected chi connectivity index (χ3v) is 5.11. The van der Waals surface area contributed by atoms with Gasteiger partial charge in [-0.3, -0.25) is 5.41 Å². The number of nitrogens with zero attached hydrogens (tertiary/aromatic N) is 1. The van der Waals surface area contributed by atoms with Gasteiger partial charge in [-0.2, -0.15) is 0 Å². The highest BCUT2D eigenvalue weighted by atomic mass is 32.2. The fourth-order valence-corrected chi connectivity index (χ4v) is 3.58. The van der Waals surface area contributed by atoms with Crippen LogP contribution < -0.4 is 10.6 Å². The summed E-state index contributed by atoms with van der Waals surface area (Å²) >= 11 is 1.83. The van der Waals surface area contributed by atoms with E-state index in [9.17, 15) is 4.39 Å². The van der Waals surface area contributed by atoms with E-state index >= 15 is 0 Å². The number of allylic oxidation sites excluding steroid dienone is 4. The van der Waals surface area contributed by atoms with Crippen molar-refractivity contribution >= 4 is 28.9 Å². The molecule has 5 heteroatoms. The number of benzene rings is 1. The molecule has 0 radical (unpaired) electrons. The summed E-state index contributed by atoms with van der Waals surface area (Å²) in [4.78, 5) is 3.51. The van der Waals surface area contributed by atoms with Crippen LogP contribution in [0, 0.1) is 5.41 Å². The second-order valence-corrected chi connectivity index (χ2v) is 7.04. The number of fused-ring (bicyclic) bond motifs is 1. The van der Waals surface area contributed by atoms with Gasteiger partial charge in [0.1, 0.15) is 11.7 Å². The molecular formula is C19H22FN3S. The number of thioether (sulfide) groups is 1. The van der Waals surface area contributed by atoms with Gasteiger partial charge in [-0.05, 0) is 42.7 Å². The van der Waals surface area contributed by atoms with Gasteiger partial charge in [-0.15, -0.1) is 0 Å². The molecule has 126 valence electrons. The summed E-state index contributed by atoms with van der Waals surface area (Å²) in [5, 5.41) is 7.87. The molecule has 0 fully saturated rings. The summed E-state index contributed by atoms with van der Waals surface area (Å²) in [7, 11) is 2.09. The van der Waals surface area contributed by atoms with Crippen LogP contribution in [0.2, 0.25) is 0 Å². The van der Waals surface area contributed by atoms with Crippen LogP contribution in [-0.2, 0) is 0 Å². The Morgan fingerprint density at radius 1 is 1.46 bits per heavy atom. The van der Waals surface area contributed by atoms with Gasteiger partial charge >= 0.3 is 0 Å². The Labute approximate surface area is 146 Å². The largest absolute Gasteiger partial charge is 0.384 e. The fraction of sp³-hybridized carbons (Fsp3) is 0.211. The summed E-state index contributed by atoms with van der Waals surface area (Å²) in [6.45, 7) is 9.46. The van der Waals surface area contributed by atoms with Crippen LogP contribution in [0.4, 0.5) is 10.1 Å². The van der Waals surface area contributed by atoms with Crippen molar-refractivity contribution in [1.82, 2.24) is 0 Å². The lowest BCUT2D eigenvalue weighted by Gasteiger charge is -2.16. The molecule has 0 aromatic heterocycles. The Kier molecular flexibility index (Phi) is 5.67. The molecule has 1 aliphatic heterocycles. The van der Waals surface area contributed by atoms with Gasteiger partial charge in [0, 0.05) is 17.5 Å². The van der Waals surface area contributed by atoms with E-state index in [1.165, 1.54) is 10.6 Å². The molecule has 1 aromatic carbocycles. The van der Waals surface area contributed by atoms with E-state index in [1.54, 1.807) is 6.08 Å². The normalized spacial score (nSPS) is 17.2. The van der Waals surface area contributed by atoms with E-state index in [4.69, 9.17) is 11.1 Å². The van der Waals surface area contributed by atoms with E-state index in [0.29, 0.717) is 17.4 Å². The van der Waals surface area contributed by atoms with Crippen molar-refractivity contribution in [2.75, 3.05) is 11.9 Å². The monoisotopic (exact) mass is 343 g/mol. The van der Waals surface area contributed by atoms with Crippen LogP contribution in [0.25, 0.3) is 5.57 Å². The zero-order valence-electron chi connectivity index (χ0n) is 14.0. The average molecular weight is 343 g/mol.